The lowest BCUT2D eigenvalue weighted by molar-refractivity contribution is -0.119. The number of isocyanates is 1. The highest BCUT2D eigenvalue weighted by molar-refractivity contribution is 5.92. The normalized spacial score (nSPS) is 9.13. The molecule has 0 atom stereocenters. The number of ether oxygens (including phenoxy) is 1. The topological polar surface area (TPSA) is 67.8 Å². The summed E-state index contributed by atoms with van der Waals surface area (Å²) in [6.45, 7) is -0.0127. The third-order valence-electron chi connectivity index (χ3n) is 1.58. The van der Waals surface area contributed by atoms with Crippen LogP contribution in [0.25, 0.3) is 0 Å². The fourth-order valence-corrected chi connectivity index (χ4v) is 1.03. The monoisotopic (exact) mass is 206 g/mol. The molecule has 0 unspecified atom stereocenters. The standard InChI is InChI=1S/C10H10N2O3/c1-15-6-10(14)12-9-4-2-3-8(5-9)11-7-13/h2-5H,6H2,1H3,(H,12,14). The van der Waals surface area contributed by atoms with E-state index in [9.17, 15) is 9.59 Å². The molecule has 0 aliphatic carbocycles. The lowest BCUT2D eigenvalue weighted by Crippen LogP contribution is -2.16. The second kappa shape index (κ2) is 5.70. The van der Waals surface area contributed by atoms with Crippen LogP contribution in [0.1, 0.15) is 0 Å². The Balaban J connectivity index is 2.73. The molecule has 15 heavy (non-hydrogen) atoms. The van der Waals surface area contributed by atoms with Crippen LogP contribution in [-0.4, -0.2) is 25.7 Å². The van der Waals surface area contributed by atoms with Crippen LogP contribution < -0.4 is 5.32 Å². The van der Waals surface area contributed by atoms with Gasteiger partial charge in [0.15, 0.2) is 0 Å². The zero-order valence-corrected chi connectivity index (χ0v) is 8.19. The summed E-state index contributed by atoms with van der Waals surface area (Å²) in [4.78, 5) is 24.6. The van der Waals surface area contributed by atoms with Crippen LogP contribution in [-0.2, 0) is 14.3 Å². The van der Waals surface area contributed by atoms with Crippen molar-refractivity contribution in [2.24, 2.45) is 4.99 Å². The van der Waals surface area contributed by atoms with E-state index in [4.69, 9.17) is 0 Å². The zero-order chi connectivity index (χ0) is 11.1. The first-order valence-electron chi connectivity index (χ1n) is 4.23. The summed E-state index contributed by atoms with van der Waals surface area (Å²) < 4.78 is 4.66. The second-order valence-electron chi connectivity index (χ2n) is 2.73. The molecule has 0 aliphatic rings. The van der Waals surface area contributed by atoms with Crippen molar-refractivity contribution in [3.63, 3.8) is 0 Å². The number of rotatable bonds is 4. The van der Waals surface area contributed by atoms with Gasteiger partial charge in [-0.25, -0.2) is 4.79 Å². The maximum atomic E-state index is 11.1. The van der Waals surface area contributed by atoms with Crippen molar-refractivity contribution in [1.82, 2.24) is 0 Å². The van der Waals surface area contributed by atoms with Gasteiger partial charge in [-0.05, 0) is 18.2 Å². The Morgan fingerprint density at radius 3 is 3.07 bits per heavy atom. The SMILES string of the molecule is COCC(=O)Nc1cccc(N=C=O)c1. The maximum Gasteiger partial charge on any atom is 0.250 e. The number of nitrogens with zero attached hydrogens (tertiary/aromatic N) is 1. The highest BCUT2D eigenvalue weighted by Gasteiger charge is 2.01. The average molecular weight is 206 g/mol. The van der Waals surface area contributed by atoms with Crippen LogP contribution in [0.3, 0.4) is 0 Å². The largest absolute Gasteiger partial charge is 0.375 e. The number of aliphatic imine (C=N–C) groups is 1. The first-order chi connectivity index (χ1) is 7.26. The van der Waals surface area contributed by atoms with Gasteiger partial charge in [0.2, 0.25) is 12.0 Å². The number of anilines is 1. The fourth-order valence-electron chi connectivity index (χ4n) is 1.03. The van der Waals surface area contributed by atoms with E-state index in [0.29, 0.717) is 11.4 Å². The summed E-state index contributed by atoms with van der Waals surface area (Å²) in [6, 6.07) is 6.57. The molecule has 5 nitrogen and oxygen atoms in total. The van der Waals surface area contributed by atoms with Crippen LogP contribution in [0.2, 0.25) is 0 Å². The molecule has 1 rings (SSSR count). The molecule has 0 bridgehead atoms. The Labute approximate surface area is 86.8 Å². The van der Waals surface area contributed by atoms with E-state index in [1.807, 2.05) is 0 Å². The summed E-state index contributed by atoms with van der Waals surface area (Å²) in [5, 5.41) is 2.59. The Morgan fingerprint density at radius 2 is 2.40 bits per heavy atom. The third-order valence-corrected chi connectivity index (χ3v) is 1.58. The summed E-state index contributed by atoms with van der Waals surface area (Å²) in [5.74, 6) is -0.260. The van der Waals surface area contributed by atoms with Crippen LogP contribution in [0.15, 0.2) is 29.3 Å². The van der Waals surface area contributed by atoms with Crippen molar-refractivity contribution in [1.29, 1.82) is 0 Å². The van der Waals surface area contributed by atoms with Crippen molar-refractivity contribution in [2.75, 3.05) is 19.0 Å². The molecule has 1 amide bonds. The predicted octanol–water partition coefficient (Wildman–Crippen LogP) is 1.24. The number of nitrogens with one attached hydrogen (secondary N) is 1. The van der Waals surface area contributed by atoms with Crippen molar-refractivity contribution in [3.05, 3.63) is 24.3 Å². The van der Waals surface area contributed by atoms with Crippen molar-refractivity contribution < 1.29 is 14.3 Å². The van der Waals surface area contributed by atoms with E-state index in [2.05, 4.69) is 15.0 Å². The molecule has 0 fully saturated rings. The van der Waals surface area contributed by atoms with E-state index >= 15 is 0 Å². The Kier molecular flexibility index (Phi) is 4.22. The number of hydrogen-bond acceptors (Lipinski definition) is 4. The van der Waals surface area contributed by atoms with Gasteiger partial charge < -0.3 is 10.1 Å². The van der Waals surface area contributed by atoms with Crippen molar-refractivity contribution >= 4 is 23.4 Å². The lowest BCUT2D eigenvalue weighted by Gasteiger charge is -2.04. The first kappa shape index (κ1) is 11.1. The molecule has 1 aromatic rings. The minimum absolute atomic E-state index is 0.0127. The van der Waals surface area contributed by atoms with Gasteiger partial charge in [0, 0.05) is 12.8 Å². The molecular weight excluding hydrogens is 196 g/mol. The molecule has 0 aliphatic heterocycles. The van der Waals surface area contributed by atoms with Crippen LogP contribution in [0, 0.1) is 0 Å². The number of carbonyl (C=O) groups is 1. The number of carbonyl (C=O) groups excluding carboxylic acids is 2. The summed E-state index contributed by atoms with van der Waals surface area (Å²) >= 11 is 0. The molecule has 0 heterocycles. The van der Waals surface area contributed by atoms with Crippen LogP contribution >= 0.6 is 0 Å². The Hall–Kier alpha value is -1.97. The number of amides is 1. The molecule has 0 radical (unpaired) electrons. The predicted molar refractivity (Wildman–Crippen MR) is 54.7 cm³/mol. The van der Waals surface area contributed by atoms with Crippen molar-refractivity contribution in [2.45, 2.75) is 0 Å². The van der Waals surface area contributed by atoms with E-state index in [1.54, 1.807) is 24.3 Å². The minimum Gasteiger partial charge on any atom is -0.375 e. The smallest absolute Gasteiger partial charge is 0.250 e. The van der Waals surface area contributed by atoms with Gasteiger partial charge in [0.1, 0.15) is 6.61 Å². The average Bonchev–Trinajstić information content (AvgIpc) is 2.19. The lowest BCUT2D eigenvalue weighted by atomic mass is 10.3. The Morgan fingerprint density at radius 1 is 1.60 bits per heavy atom. The van der Waals surface area contributed by atoms with Crippen molar-refractivity contribution in [3.8, 4) is 0 Å². The van der Waals surface area contributed by atoms with Gasteiger partial charge in [-0.15, -0.1) is 0 Å². The summed E-state index contributed by atoms with van der Waals surface area (Å²) in [7, 11) is 1.44. The van der Waals surface area contributed by atoms with Crippen LogP contribution in [0.5, 0.6) is 0 Å². The van der Waals surface area contributed by atoms with Gasteiger partial charge in [-0.1, -0.05) is 6.07 Å². The van der Waals surface area contributed by atoms with Gasteiger partial charge in [-0.3, -0.25) is 4.79 Å². The quantitative estimate of drug-likeness (QED) is 0.595. The van der Waals surface area contributed by atoms with Gasteiger partial charge in [0.25, 0.3) is 0 Å². The fraction of sp³-hybridized carbons (Fsp3) is 0.200. The minimum atomic E-state index is -0.260. The highest BCUT2D eigenvalue weighted by Crippen LogP contribution is 2.16. The third kappa shape index (κ3) is 3.72. The van der Waals surface area contributed by atoms with E-state index in [1.165, 1.54) is 13.2 Å². The number of hydrogen-bond donors (Lipinski definition) is 1. The maximum absolute atomic E-state index is 11.1. The number of benzene rings is 1. The van der Waals surface area contributed by atoms with Gasteiger partial charge in [0.05, 0.1) is 5.69 Å². The molecule has 0 aromatic heterocycles. The van der Waals surface area contributed by atoms with E-state index in [-0.39, 0.29) is 12.5 Å². The summed E-state index contributed by atoms with van der Waals surface area (Å²) in [5.41, 5.74) is 1.01. The molecule has 1 N–H and O–H groups in total. The second-order valence-corrected chi connectivity index (χ2v) is 2.73. The highest BCUT2D eigenvalue weighted by atomic mass is 16.5. The molecular formula is C10H10N2O3. The van der Waals surface area contributed by atoms with Crippen LogP contribution in [0.4, 0.5) is 11.4 Å². The molecule has 5 heteroatoms. The molecule has 0 saturated heterocycles. The van der Waals surface area contributed by atoms with E-state index < -0.39 is 0 Å². The zero-order valence-electron chi connectivity index (χ0n) is 8.19. The van der Waals surface area contributed by atoms with Gasteiger partial charge in [-0.2, -0.15) is 4.99 Å². The molecule has 78 valence electrons. The summed E-state index contributed by atoms with van der Waals surface area (Å²) in [6.07, 6.45) is 1.43. The molecule has 1 aromatic carbocycles. The van der Waals surface area contributed by atoms with Gasteiger partial charge >= 0.3 is 0 Å². The number of methoxy groups -OCH3 is 1. The Bertz CT molecular complexity index is 397. The molecule has 0 saturated carbocycles. The first-order valence-corrected chi connectivity index (χ1v) is 4.23. The van der Waals surface area contributed by atoms with E-state index in [0.717, 1.165) is 0 Å². The molecule has 0 spiro atoms.